The summed E-state index contributed by atoms with van der Waals surface area (Å²) in [6.45, 7) is 0.0343. The van der Waals surface area contributed by atoms with Crippen LogP contribution in [0, 0.1) is 11.6 Å². The molecule has 0 aliphatic carbocycles. The van der Waals surface area contributed by atoms with Crippen molar-refractivity contribution in [3.8, 4) is 0 Å². The van der Waals surface area contributed by atoms with Gasteiger partial charge in [-0.25, -0.2) is 13.6 Å². The molecule has 20 heavy (non-hydrogen) atoms. The molecule has 2 rings (SSSR count). The van der Waals surface area contributed by atoms with Crippen molar-refractivity contribution in [1.29, 1.82) is 0 Å². The Morgan fingerprint density at radius 1 is 1.20 bits per heavy atom. The molecule has 0 atom stereocenters. The zero-order valence-corrected chi connectivity index (χ0v) is 10.4. The molecule has 0 aliphatic heterocycles. The molecule has 0 spiro atoms. The van der Waals surface area contributed by atoms with E-state index in [2.05, 4.69) is 5.32 Å². The molecule has 6 heteroatoms. The third kappa shape index (κ3) is 3.03. The van der Waals surface area contributed by atoms with E-state index < -0.39 is 17.6 Å². The van der Waals surface area contributed by atoms with Crippen molar-refractivity contribution in [2.24, 2.45) is 0 Å². The van der Waals surface area contributed by atoms with Gasteiger partial charge < -0.3 is 16.2 Å². The number of halogens is 2. The number of anilines is 2. The zero-order chi connectivity index (χ0) is 14.7. The monoisotopic (exact) mass is 278 g/mol. The molecule has 0 heterocycles. The van der Waals surface area contributed by atoms with Crippen molar-refractivity contribution in [1.82, 2.24) is 0 Å². The zero-order valence-electron chi connectivity index (χ0n) is 10.4. The quantitative estimate of drug-likeness (QED) is 0.752. The maximum absolute atomic E-state index is 13.4. The summed E-state index contributed by atoms with van der Waals surface area (Å²) >= 11 is 0. The van der Waals surface area contributed by atoms with Crippen molar-refractivity contribution in [3.05, 3.63) is 59.2 Å². The van der Waals surface area contributed by atoms with Gasteiger partial charge in [0.25, 0.3) is 0 Å². The maximum Gasteiger partial charge on any atom is 0.337 e. The van der Waals surface area contributed by atoms with Crippen LogP contribution in [0.2, 0.25) is 0 Å². The lowest BCUT2D eigenvalue weighted by molar-refractivity contribution is 0.0698. The molecule has 0 aromatic heterocycles. The lowest BCUT2D eigenvalue weighted by Gasteiger charge is -2.09. The second-order valence-electron chi connectivity index (χ2n) is 4.20. The molecule has 0 radical (unpaired) electrons. The van der Waals surface area contributed by atoms with E-state index in [0.717, 1.165) is 18.2 Å². The second kappa shape index (κ2) is 5.56. The Morgan fingerprint density at radius 2 is 1.95 bits per heavy atom. The van der Waals surface area contributed by atoms with Crippen LogP contribution in [-0.4, -0.2) is 11.1 Å². The standard InChI is InChI=1S/C14H12F2N2O2/c15-9-1-3-12(16)8(5-9)7-18-10-2-4-13(17)11(6-10)14(19)20/h1-6,18H,7,17H2,(H,19,20). The summed E-state index contributed by atoms with van der Waals surface area (Å²) in [6.07, 6.45) is 0. The molecule has 4 nitrogen and oxygen atoms in total. The van der Waals surface area contributed by atoms with Gasteiger partial charge in [-0.05, 0) is 36.4 Å². The number of nitrogen functional groups attached to an aromatic ring is 1. The second-order valence-corrected chi connectivity index (χ2v) is 4.20. The molecule has 0 saturated carbocycles. The van der Waals surface area contributed by atoms with Crippen molar-refractivity contribution in [2.75, 3.05) is 11.1 Å². The minimum Gasteiger partial charge on any atom is -0.478 e. The fraction of sp³-hybridized carbons (Fsp3) is 0.0714. The first-order chi connectivity index (χ1) is 9.47. The average molecular weight is 278 g/mol. The molecule has 0 aliphatic rings. The third-order valence-corrected chi connectivity index (χ3v) is 2.77. The fourth-order valence-corrected chi connectivity index (χ4v) is 1.73. The van der Waals surface area contributed by atoms with Crippen LogP contribution in [0.5, 0.6) is 0 Å². The van der Waals surface area contributed by atoms with Crippen LogP contribution in [0.4, 0.5) is 20.2 Å². The summed E-state index contributed by atoms with van der Waals surface area (Å²) in [4.78, 5) is 10.9. The minimum atomic E-state index is -1.15. The van der Waals surface area contributed by atoms with Crippen LogP contribution in [0.3, 0.4) is 0 Å². The molecular weight excluding hydrogens is 266 g/mol. The molecule has 0 saturated heterocycles. The van der Waals surface area contributed by atoms with E-state index in [-0.39, 0.29) is 23.4 Å². The maximum atomic E-state index is 13.4. The number of carboxylic acid groups (broad SMARTS) is 1. The van der Waals surface area contributed by atoms with Crippen molar-refractivity contribution < 1.29 is 18.7 Å². The van der Waals surface area contributed by atoms with E-state index in [9.17, 15) is 13.6 Å². The molecule has 104 valence electrons. The number of carboxylic acids is 1. The van der Waals surface area contributed by atoms with Gasteiger partial charge in [0.1, 0.15) is 11.6 Å². The van der Waals surface area contributed by atoms with E-state index in [0.29, 0.717) is 5.69 Å². The van der Waals surface area contributed by atoms with Crippen molar-refractivity contribution >= 4 is 17.3 Å². The molecule has 0 amide bonds. The van der Waals surface area contributed by atoms with E-state index in [1.807, 2.05) is 0 Å². The Kier molecular flexibility index (Phi) is 3.84. The van der Waals surface area contributed by atoms with Gasteiger partial charge in [-0.1, -0.05) is 0 Å². The Hall–Kier alpha value is -2.63. The summed E-state index contributed by atoms with van der Waals surface area (Å²) in [7, 11) is 0. The first-order valence-electron chi connectivity index (χ1n) is 5.78. The van der Waals surface area contributed by atoms with Gasteiger partial charge in [0.05, 0.1) is 5.56 Å². The molecule has 0 bridgehead atoms. The predicted octanol–water partition coefficient (Wildman–Crippen LogP) is 2.86. The fourth-order valence-electron chi connectivity index (χ4n) is 1.73. The minimum absolute atomic E-state index is 0.0343. The topological polar surface area (TPSA) is 75.3 Å². The molecule has 0 unspecified atom stereocenters. The number of aromatic carboxylic acids is 1. The first-order valence-corrected chi connectivity index (χ1v) is 5.78. The van der Waals surface area contributed by atoms with E-state index in [1.165, 1.54) is 12.1 Å². The number of carbonyl (C=O) groups is 1. The normalized spacial score (nSPS) is 10.3. The van der Waals surface area contributed by atoms with Crippen LogP contribution < -0.4 is 11.1 Å². The van der Waals surface area contributed by atoms with Gasteiger partial charge in [-0.2, -0.15) is 0 Å². The average Bonchev–Trinajstić information content (AvgIpc) is 2.41. The van der Waals surface area contributed by atoms with Gasteiger partial charge in [-0.3, -0.25) is 0 Å². The van der Waals surface area contributed by atoms with Crippen LogP contribution in [0.1, 0.15) is 15.9 Å². The number of rotatable bonds is 4. The predicted molar refractivity (Wildman–Crippen MR) is 71.5 cm³/mol. The number of hydrogen-bond donors (Lipinski definition) is 3. The van der Waals surface area contributed by atoms with E-state index >= 15 is 0 Å². The highest BCUT2D eigenvalue weighted by atomic mass is 19.1. The van der Waals surface area contributed by atoms with Crippen molar-refractivity contribution in [2.45, 2.75) is 6.54 Å². The highest BCUT2D eigenvalue weighted by Gasteiger charge is 2.09. The Labute approximate surface area is 113 Å². The summed E-state index contributed by atoms with van der Waals surface area (Å²) in [5.74, 6) is -2.22. The smallest absolute Gasteiger partial charge is 0.337 e. The van der Waals surface area contributed by atoms with Crippen LogP contribution in [0.15, 0.2) is 36.4 Å². The number of nitrogens with one attached hydrogen (secondary N) is 1. The van der Waals surface area contributed by atoms with Gasteiger partial charge in [0.2, 0.25) is 0 Å². The SMILES string of the molecule is Nc1ccc(NCc2cc(F)ccc2F)cc1C(=O)O. The number of hydrogen-bond acceptors (Lipinski definition) is 3. The number of benzene rings is 2. The Bertz CT molecular complexity index is 660. The summed E-state index contributed by atoms with van der Waals surface area (Å²) in [5.41, 5.74) is 6.23. The Balaban J connectivity index is 2.17. The van der Waals surface area contributed by atoms with Gasteiger partial charge in [-0.15, -0.1) is 0 Å². The number of nitrogens with two attached hydrogens (primary N) is 1. The van der Waals surface area contributed by atoms with Gasteiger partial charge in [0, 0.05) is 23.5 Å². The summed E-state index contributed by atoms with van der Waals surface area (Å²) in [6, 6.07) is 7.50. The van der Waals surface area contributed by atoms with E-state index in [1.54, 1.807) is 6.07 Å². The molecule has 2 aromatic rings. The summed E-state index contributed by atoms with van der Waals surface area (Å²) in [5, 5.41) is 11.8. The molecular formula is C14H12F2N2O2. The molecule has 2 aromatic carbocycles. The highest BCUT2D eigenvalue weighted by molar-refractivity contribution is 5.94. The first kappa shape index (κ1) is 13.8. The van der Waals surface area contributed by atoms with Crippen LogP contribution in [0.25, 0.3) is 0 Å². The molecule has 4 N–H and O–H groups in total. The van der Waals surface area contributed by atoms with Crippen LogP contribution in [-0.2, 0) is 6.54 Å². The lowest BCUT2D eigenvalue weighted by Crippen LogP contribution is -2.06. The lowest BCUT2D eigenvalue weighted by atomic mass is 10.1. The molecule has 0 fully saturated rings. The Morgan fingerprint density at radius 3 is 2.65 bits per heavy atom. The largest absolute Gasteiger partial charge is 0.478 e. The van der Waals surface area contributed by atoms with Gasteiger partial charge >= 0.3 is 5.97 Å². The highest BCUT2D eigenvalue weighted by Crippen LogP contribution is 2.19. The summed E-state index contributed by atoms with van der Waals surface area (Å²) < 4.78 is 26.4. The third-order valence-electron chi connectivity index (χ3n) is 2.77. The van der Waals surface area contributed by atoms with E-state index in [4.69, 9.17) is 10.8 Å². The van der Waals surface area contributed by atoms with Gasteiger partial charge in [0.15, 0.2) is 0 Å². The van der Waals surface area contributed by atoms with Crippen LogP contribution >= 0.6 is 0 Å². The van der Waals surface area contributed by atoms with Crippen molar-refractivity contribution in [3.63, 3.8) is 0 Å².